The van der Waals surface area contributed by atoms with Gasteiger partial charge in [-0.2, -0.15) is 0 Å². The summed E-state index contributed by atoms with van der Waals surface area (Å²) in [6, 6.07) is 6.84. The van der Waals surface area contributed by atoms with Gasteiger partial charge in [0.25, 0.3) is 0 Å². The van der Waals surface area contributed by atoms with Crippen LogP contribution in [-0.2, 0) is 11.2 Å². The van der Waals surface area contributed by atoms with E-state index in [1.54, 1.807) is 0 Å². The number of fused-ring (bicyclic) bond motifs is 1. The van der Waals surface area contributed by atoms with Crippen molar-refractivity contribution in [3.63, 3.8) is 0 Å². The van der Waals surface area contributed by atoms with Gasteiger partial charge in [-0.3, -0.25) is 9.69 Å². The first kappa shape index (κ1) is 14.8. The molecule has 0 atom stereocenters. The Labute approximate surface area is 121 Å². The minimum Gasteiger partial charge on any atom is -0.346 e. The van der Waals surface area contributed by atoms with Gasteiger partial charge in [-0.25, -0.2) is 0 Å². The topological polar surface area (TPSA) is 32.3 Å². The van der Waals surface area contributed by atoms with Crippen LogP contribution < -0.4 is 15.8 Å². The summed E-state index contributed by atoms with van der Waals surface area (Å²) >= 11 is 0. The van der Waals surface area contributed by atoms with Crippen LogP contribution in [-0.4, -0.2) is 31.6 Å². The first-order chi connectivity index (χ1) is 9.79. The van der Waals surface area contributed by atoms with E-state index in [2.05, 4.69) is 40.6 Å². The number of rotatable bonds is 8. The second kappa shape index (κ2) is 7.85. The number of amides is 1. The summed E-state index contributed by atoms with van der Waals surface area (Å²) in [5.41, 5.74) is 1.43. The lowest BCUT2D eigenvalue weighted by Gasteiger charge is -2.15. The van der Waals surface area contributed by atoms with E-state index in [0.717, 1.165) is 25.8 Å². The maximum atomic E-state index is 10.2. The number of nitrogens with zero attached hydrogens (tertiary/aromatic N) is 1. The molecule has 0 radical (unpaired) electrons. The molecule has 1 aliphatic carbocycles. The fourth-order valence-corrected chi connectivity index (χ4v) is 2.60. The van der Waals surface area contributed by atoms with E-state index in [1.165, 1.54) is 35.3 Å². The highest BCUT2D eigenvalue weighted by molar-refractivity contribution is 5.45. The van der Waals surface area contributed by atoms with Crippen LogP contribution in [0.1, 0.15) is 31.2 Å². The number of hydrogen-bond donors (Lipinski definition) is 1. The van der Waals surface area contributed by atoms with Gasteiger partial charge in [0, 0.05) is 0 Å². The molecule has 1 aromatic rings. The Kier molecular flexibility index (Phi) is 5.81. The number of aryl methyl sites for hydroxylation is 1. The Morgan fingerprint density at radius 2 is 2.00 bits per heavy atom. The average Bonchev–Trinajstić information content (AvgIpc) is 2.49. The zero-order valence-corrected chi connectivity index (χ0v) is 12.3. The van der Waals surface area contributed by atoms with Gasteiger partial charge in [0.05, 0.1) is 6.67 Å². The molecule has 20 heavy (non-hydrogen) atoms. The standard InChI is InChI=1S/C17H24N2O/c1-19(13-18-14-20)11-5-4-6-15-9-10-16-7-2-3-8-17(16)12-15/h7-10,12,14H,2-6,11,13H2,1H3,(H,18,20). The Bertz CT molecular complexity index is 551. The maximum absolute atomic E-state index is 10.2. The molecule has 1 amide bonds. The van der Waals surface area contributed by atoms with E-state index in [9.17, 15) is 4.79 Å². The molecule has 0 unspecified atom stereocenters. The number of unbranched alkanes of at least 4 members (excludes halogenated alkanes) is 1. The molecule has 0 spiro atoms. The Morgan fingerprint density at radius 3 is 2.80 bits per heavy atom. The van der Waals surface area contributed by atoms with Crippen molar-refractivity contribution in [2.24, 2.45) is 0 Å². The van der Waals surface area contributed by atoms with Crippen molar-refractivity contribution in [2.45, 2.75) is 32.1 Å². The van der Waals surface area contributed by atoms with Crippen molar-refractivity contribution in [2.75, 3.05) is 20.3 Å². The molecular formula is C17H24N2O. The van der Waals surface area contributed by atoms with E-state index < -0.39 is 0 Å². The molecule has 0 heterocycles. The minimum atomic E-state index is 0.632. The van der Waals surface area contributed by atoms with Crippen molar-refractivity contribution < 1.29 is 4.79 Å². The van der Waals surface area contributed by atoms with Crippen molar-refractivity contribution in [1.82, 2.24) is 10.2 Å². The largest absolute Gasteiger partial charge is 0.346 e. The molecule has 1 N–H and O–H groups in total. The van der Waals surface area contributed by atoms with E-state index in [0.29, 0.717) is 6.67 Å². The van der Waals surface area contributed by atoms with Gasteiger partial charge in [-0.15, -0.1) is 0 Å². The second-order valence-electron chi connectivity index (χ2n) is 5.47. The molecule has 3 heteroatoms. The normalized spacial score (nSPS) is 13.3. The third kappa shape index (κ3) is 4.49. The van der Waals surface area contributed by atoms with Crippen molar-refractivity contribution in [3.8, 4) is 0 Å². The molecule has 0 aliphatic heterocycles. The van der Waals surface area contributed by atoms with Crippen LogP contribution in [0.25, 0.3) is 12.2 Å². The first-order valence-electron chi connectivity index (χ1n) is 7.44. The van der Waals surface area contributed by atoms with Crippen LogP contribution in [0.2, 0.25) is 0 Å². The van der Waals surface area contributed by atoms with Gasteiger partial charge in [0.15, 0.2) is 0 Å². The summed E-state index contributed by atoms with van der Waals surface area (Å²) < 4.78 is 0. The van der Waals surface area contributed by atoms with E-state index >= 15 is 0 Å². The molecule has 0 saturated carbocycles. The summed E-state index contributed by atoms with van der Waals surface area (Å²) in [5, 5.41) is 5.47. The van der Waals surface area contributed by atoms with E-state index in [4.69, 9.17) is 0 Å². The van der Waals surface area contributed by atoms with Crippen LogP contribution in [0.4, 0.5) is 0 Å². The van der Waals surface area contributed by atoms with Crippen molar-refractivity contribution in [3.05, 3.63) is 34.2 Å². The summed E-state index contributed by atoms with van der Waals surface area (Å²) in [7, 11) is 2.03. The average molecular weight is 272 g/mol. The highest BCUT2D eigenvalue weighted by Gasteiger charge is 1.99. The van der Waals surface area contributed by atoms with Gasteiger partial charge in [-0.1, -0.05) is 30.4 Å². The Hall–Kier alpha value is -1.61. The fraction of sp³-hybridized carbons (Fsp3) is 0.471. The number of carbonyl (C=O) groups excluding carboxylic acids is 1. The molecular weight excluding hydrogens is 248 g/mol. The van der Waals surface area contributed by atoms with Crippen molar-refractivity contribution >= 4 is 18.6 Å². The molecule has 1 aliphatic rings. The molecule has 108 valence electrons. The second-order valence-corrected chi connectivity index (χ2v) is 5.47. The molecule has 0 bridgehead atoms. The highest BCUT2D eigenvalue weighted by atomic mass is 16.1. The van der Waals surface area contributed by atoms with E-state index in [-0.39, 0.29) is 0 Å². The van der Waals surface area contributed by atoms with Crippen LogP contribution in [0, 0.1) is 0 Å². The van der Waals surface area contributed by atoms with Crippen LogP contribution in [0.5, 0.6) is 0 Å². The molecule has 3 nitrogen and oxygen atoms in total. The SMILES string of the molecule is CN(CCCCc1ccc2c(c1)=CCCC=2)CNC=O. The predicted octanol–water partition coefficient (Wildman–Crippen LogP) is 0.999. The predicted molar refractivity (Wildman–Crippen MR) is 83.5 cm³/mol. The molecule has 0 saturated heterocycles. The maximum Gasteiger partial charge on any atom is 0.208 e. The van der Waals surface area contributed by atoms with Gasteiger partial charge in [0.2, 0.25) is 6.41 Å². The quantitative estimate of drug-likeness (QED) is 0.435. The van der Waals surface area contributed by atoms with Crippen molar-refractivity contribution in [1.29, 1.82) is 0 Å². The summed E-state index contributed by atoms with van der Waals surface area (Å²) in [6.45, 7) is 1.65. The Morgan fingerprint density at radius 1 is 1.20 bits per heavy atom. The van der Waals surface area contributed by atoms with Gasteiger partial charge >= 0.3 is 0 Å². The van der Waals surface area contributed by atoms with E-state index in [1.807, 2.05) is 7.05 Å². The zero-order valence-electron chi connectivity index (χ0n) is 12.3. The third-order valence-corrected chi connectivity index (χ3v) is 3.75. The van der Waals surface area contributed by atoms with Crippen LogP contribution >= 0.6 is 0 Å². The number of carbonyl (C=O) groups is 1. The van der Waals surface area contributed by atoms with Crippen LogP contribution in [0.15, 0.2) is 18.2 Å². The van der Waals surface area contributed by atoms with Gasteiger partial charge in [-0.05, 0) is 61.7 Å². The molecule has 2 rings (SSSR count). The van der Waals surface area contributed by atoms with Gasteiger partial charge < -0.3 is 5.32 Å². The number of nitrogens with one attached hydrogen (secondary N) is 1. The zero-order chi connectivity index (χ0) is 14.2. The third-order valence-electron chi connectivity index (χ3n) is 3.75. The van der Waals surface area contributed by atoms with Crippen LogP contribution in [0.3, 0.4) is 0 Å². The molecule has 0 aromatic heterocycles. The fourth-order valence-electron chi connectivity index (χ4n) is 2.60. The Balaban J connectivity index is 1.76. The summed E-state index contributed by atoms with van der Waals surface area (Å²) in [5.74, 6) is 0. The molecule has 0 fully saturated rings. The monoisotopic (exact) mass is 272 g/mol. The van der Waals surface area contributed by atoms with Gasteiger partial charge in [0.1, 0.15) is 0 Å². The minimum absolute atomic E-state index is 0.632. The lowest BCUT2D eigenvalue weighted by atomic mass is 10.0. The smallest absolute Gasteiger partial charge is 0.208 e. The molecule has 1 aromatic carbocycles. The number of benzene rings is 1. The lowest BCUT2D eigenvalue weighted by molar-refractivity contribution is -0.110. The summed E-state index contributed by atoms with van der Waals surface area (Å²) in [6.07, 6.45) is 11.2. The summed E-state index contributed by atoms with van der Waals surface area (Å²) in [4.78, 5) is 12.3. The number of hydrogen-bond acceptors (Lipinski definition) is 2. The lowest BCUT2D eigenvalue weighted by Crippen LogP contribution is -2.31. The highest BCUT2D eigenvalue weighted by Crippen LogP contribution is 2.03. The first-order valence-corrected chi connectivity index (χ1v) is 7.44.